The fourth-order valence-corrected chi connectivity index (χ4v) is 2.76. The van der Waals surface area contributed by atoms with Crippen molar-refractivity contribution in [2.75, 3.05) is 27.9 Å². The number of rotatable bonds is 8. The van der Waals surface area contributed by atoms with Crippen LogP contribution in [0.1, 0.15) is 24.5 Å². The number of nitrogens with zero attached hydrogens (tertiary/aromatic N) is 1. The van der Waals surface area contributed by atoms with E-state index in [-0.39, 0.29) is 11.6 Å². The maximum Gasteiger partial charge on any atom is 0.363 e. The van der Waals surface area contributed by atoms with Crippen LogP contribution in [-0.4, -0.2) is 39.8 Å². The molecule has 1 heterocycles. The Morgan fingerprint density at radius 3 is 2.31 bits per heavy atom. The summed E-state index contributed by atoms with van der Waals surface area (Å²) < 4.78 is 26.9. The number of cyclic esters (lactones) is 1. The topological polar surface area (TPSA) is 75.6 Å². The van der Waals surface area contributed by atoms with Crippen LogP contribution in [0, 0.1) is 0 Å². The van der Waals surface area contributed by atoms with Crippen LogP contribution < -0.4 is 18.9 Å². The van der Waals surface area contributed by atoms with Gasteiger partial charge in [0.05, 0.1) is 27.9 Å². The number of carbonyl (C=O) groups excluding carboxylic acids is 1. The van der Waals surface area contributed by atoms with E-state index in [1.54, 1.807) is 50.6 Å². The number of benzene rings is 2. The zero-order chi connectivity index (χ0) is 20.8. The minimum absolute atomic E-state index is 0.194. The molecular formula is C22H23NO6. The van der Waals surface area contributed by atoms with Crippen molar-refractivity contribution < 1.29 is 28.5 Å². The van der Waals surface area contributed by atoms with E-state index < -0.39 is 5.97 Å². The lowest BCUT2D eigenvalue weighted by atomic mass is 10.1. The molecular weight excluding hydrogens is 374 g/mol. The third kappa shape index (κ3) is 4.51. The van der Waals surface area contributed by atoms with Crippen molar-refractivity contribution in [3.8, 4) is 23.0 Å². The van der Waals surface area contributed by atoms with Gasteiger partial charge in [-0.25, -0.2) is 9.79 Å². The van der Waals surface area contributed by atoms with Gasteiger partial charge in [-0.05, 0) is 48.4 Å². The predicted molar refractivity (Wildman–Crippen MR) is 109 cm³/mol. The van der Waals surface area contributed by atoms with Gasteiger partial charge < -0.3 is 23.7 Å². The molecule has 7 nitrogen and oxygen atoms in total. The molecule has 0 spiro atoms. The van der Waals surface area contributed by atoms with Gasteiger partial charge in [0, 0.05) is 5.56 Å². The average Bonchev–Trinajstić information content (AvgIpc) is 3.12. The second-order valence-electron chi connectivity index (χ2n) is 6.16. The fourth-order valence-electron chi connectivity index (χ4n) is 2.76. The van der Waals surface area contributed by atoms with Crippen molar-refractivity contribution in [3.63, 3.8) is 0 Å². The van der Waals surface area contributed by atoms with Crippen LogP contribution in [0.15, 0.2) is 47.1 Å². The first kappa shape index (κ1) is 20.3. The highest BCUT2D eigenvalue weighted by molar-refractivity contribution is 6.13. The zero-order valence-electron chi connectivity index (χ0n) is 16.9. The van der Waals surface area contributed by atoms with Crippen LogP contribution in [0.3, 0.4) is 0 Å². The lowest BCUT2D eigenvalue weighted by molar-refractivity contribution is -0.129. The first-order chi connectivity index (χ1) is 14.1. The predicted octanol–water partition coefficient (Wildman–Crippen LogP) is 3.85. The molecule has 0 unspecified atom stereocenters. The molecule has 2 aromatic rings. The van der Waals surface area contributed by atoms with Gasteiger partial charge in [0.2, 0.25) is 5.90 Å². The van der Waals surface area contributed by atoms with Crippen LogP contribution in [0.2, 0.25) is 0 Å². The molecule has 0 bridgehead atoms. The lowest BCUT2D eigenvalue weighted by Gasteiger charge is -2.10. The number of esters is 1. The molecule has 0 saturated carbocycles. The van der Waals surface area contributed by atoms with Gasteiger partial charge >= 0.3 is 5.97 Å². The lowest BCUT2D eigenvalue weighted by Crippen LogP contribution is -2.06. The van der Waals surface area contributed by atoms with Crippen molar-refractivity contribution >= 4 is 17.9 Å². The molecule has 0 radical (unpaired) electrons. The van der Waals surface area contributed by atoms with Gasteiger partial charge in [-0.15, -0.1) is 0 Å². The van der Waals surface area contributed by atoms with Gasteiger partial charge in [0.1, 0.15) is 0 Å². The van der Waals surface area contributed by atoms with Crippen molar-refractivity contribution in [1.82, 2.24) is 0 Å². The van der Waals surface area contributed by atoms with Gasteiger partial charge in [-0.2, -0.15) is 0 Å². The summed E-state index contributed by atoms with van der Waals surface area (Å²) in [4.78, 5) is 16.6. The number of ether oxygens (including phenoxy) is 5. The Labute approximate surface area is 169 Å². The van der Waals surface area contributed by atoms with Crippen molar-refractivity contribution in [1.29, 1.82) is 0 Å². The Kier molecular flexibility index (Phi) is 6.39. The maximum absolute atomic E-state index is 12.3. The summed E-state index contributed by atoms with van der Waals surface area (Å²) in [5.41, 5.74) is 1.55. The van der Waals surface area contributed by atoms with Crippen LogP contribution >= 0.6 is 0 Å². The van der Waals surface area contributed by atoms with E-state index in [1.165, 1.54) is 7.11 Å². The molecule has 0 fully saturated rings. The number of carbonyl (C=O) groups is 1. The molecule has 0 amide bonds. The Bertz CT molecular complexity index is 964. The highest BCUT2D eigenvalue weighted by Gasteiger charge is 2.25. The van der Waals surface area contributed by atoms with Crippen LogP contribution in [0.5, 0.6) is 23.0 Å². The molecule has 2 aromatic carbocycles. The summed E-state index contributed by atoms with van der Waals surface area (Å²) >= 11 is 0. The summed E-state index contributed by atoms with van der Waals surface area (Å²) in [7, 11) is 4.66. The zero-order valence-corrected chi connectivity index (χ0v) is 16.9. The van der Waals surface area contributed by atoms with Crippen LogP contribution in [-0.2, 0) is 9.53 Å². The molecule has 1 aliphatic rings. The second kappa shape index (κ2) is 9.14. The summed E-state index contributed by atoms with van der Waals surface area (Å²) in [6.45, 7) is 2.63. The Balaban J connectivity index is 1.89. The molecule has 152 valence electrons. The largest absolute Gasteiger partial charge is 0.493 e. The van der Waals surface area contributed by atoms with Gasteiger partial charge in [0.15, 0.2) is 28.7 Å². The van der Waals surface area contributed by atoms with Crippen LogP contribution in [0.25, 0.3) is 6.08 Å². The third-order valence-corrected chi connectivity index (χ3v) is 4.20. The monoisotopic (exact) mass is 397 g/mol. The highest BCUT2D eigenvalue weighted by atomic mass is 16.6. The average molecular weight is 397 g/mol. The van der Waals surface area contributed by atoms with Crippen LogP contribution in [0.4, 0.5) is 0 Å². The Hall–Kier alpha value is -3.48. The molecule has 29 heavy (non-hydrogen) atoms. The Morgan fingerprint density at radius 1 is 0.931 bits per heavy atom. The molecule has 1 aliphatic heterocycles. The minimum Gasteiger partial charge on any atom is -0.493 e. The summed E-state index contributed by atoms with van der Waals surface area (Å²) in [6.07, 6.45) is 2.54. The van der Waals surface area contributed by atoms with Crippen molar-refractivity contribution in [3.05, 3.63) is 53.2 Å². The van der Waals surface area contributed by atoms with Crippen molar-refractivity contribution in [2.45, 2.75) is 13.3 Å². The second-order valence-corrected chi connectivity index (χ2v) is 6.16. The van der Waals surface area contributed by atoms with E-state index in [0.29, 0.717) is 35.2 Å². The summed E-state index contributed by atoms with van der Waals surface area (Å²) in [5.74, 6) is 2.02. The fraction of sp³-hybridized carbons (Fsp3) is 0.273. The first-order valence-corrected chi connectivity index (χ1v) is 9.15. The smallest absolute Gasteiger partial charge is 0.363 e. The maximum atomic E-state index is 12.3. The molecule has 7 heteroatoms. The van der Waals surface area contributed by atoms with E-state index >= 15 is 0 Å². The standard InChI is InChI=1S/C22H23NO6/c1-5-10-28-18-8-6-14(12-19(18)26-3)11-16-22(24)29-21(23-16)15-7-9-17(25-2)20(13-15)27-4/h6-9,11-13H,5,10H2,1-4H3. The summed E-state index contributed by atoms with van der Waals surface area (Å²) in [6, 6.07) is 10.6. The number of aliphatic imine (C=N–C) groups is 1. The molecule has 0 N–H and O–H groups in total. The highest BCUT2D eigenvalue weighted by Crippen LogP contribution is 2.31. The Morgan fingerprint density at radius 2 is 1.62 bits per heavy atom. The van der Waals surface area contributed by atoms with Gasteiger partial charge in [0.25, 0.3) is 0 Å². The van der Waals surface area contributed by atoms with Crippen molar-refractivity contribution in [2.24, 2.45) is 4.99 Å². The van der Waals surface area contributed by atoms with E-state index in [0.717, 1.165) is 12.0 Å². The molecule has 0 saturated heterocycles. The molecule has 3 rings (SSSR count). The number of hydrogen-bond acceptors (Lipinski definition) is 7. The minimum atomic E-state index is -0.528. The molecule has 0 atom stereocenters. The quantitative estimate of drug-likeness (QED) is 0.498. The number of hydrogen-bond donors (Lipinski definition) is 0. The van der Waals surface area contributed by atoms with E-state index in [9.17, 15) is 4.79 Å². The SMILES string of the molecule is CCCOc1ccc(C=C2N=C(c3ccc(OC)c(OC)c3)OC2=O)cc1OC. The van der Waals surface area contributed by atoms with Gasteiger partial charge in [-0.3, -0.25) is 0 Å². The summed E-state index contributed by atoms with van der Waals surface area (Å²) in [5, 5.41) is 0. The normalized spacial score (nSPS) is 14.4. The third-order valence-electron chi connectivity index (χ3n) is 4.20. The van der Waals surface area contributed by atoms with E-state index in [2.05, 4.69) is 4.99 Å². The van der Waals surface area contributed by atoms with E-state index in [1.807, 2.05) is 13.0 Å². The molecule has 0 aromatic heterocycles. The molecule has 0 aliphatic carbocycles. The van der Waals surface area contributed by atoms with E-state index in [4.69, 9.17) is 23.7 Å². The number of methoxy groups -OCH3 is 3. The first-order valence-electron chi connectivity index (χ1n) is 9.15. The van der Waals surface area contributed by atoms with Gasteiger partial charge in [-0.1, -0.05) is 13.0 Å².